The van der Waals surface area contributed by atoms with E-state index in [-0.39, 0.29) is 11.3 Å². The Morgan fingerprint density at radius 2 is 1.12 bits per heavy atom. The molecule has 2 aliphatic rings. The lowest BCUT2D eigenvalue weighted by Crippen LogP contribution is -2.32. The van der Waals surface area contributed by atoms with Crippen molar-refractivity contribution in [2.45, 2.75) is 12.8 Å². The van der Waals surface area contributed by atoms with Crippen LogP contribution in [0.3, 0.4) is 0 Å². The standard InChI is InChI=1S/C63H46N2/c1-63-50(21-14-29-58(63)47-18-4-2-5-19-47)22-15-30-59(63)57-26-11-13-32-61(57)64(52-39-35-45(36-40-52)49-34-33-44-17-8-9-20-48(44)43-49)53-41-37-46(38-42-53)54-27-16-28-56-55-25-10-12-31-60(55)65(62(54)56)51-23-6-3-7-24-51/h2-43,59H,1H3. The molecule has 0 radical (unpaired) electrons. The highest BCUT2D eigenvalue weighted by Crippen LogP contribution is 2.57. The minimum Gasteiger partial charge on any atom is -0.310 e. The molecule has 65 heavy (non-hydrogen) atoms. The van der Waals surface area contributed by atoms with Gasteiger partial charge in [-0.15, -0.1) is 0 Å². The largest absolute Gasteiger partial charge is 0.310 e. The first-order chi connectivity index (χ1) is 32.1. The first-order valence-corrected chi connectivity index (χ1v) is 22.6. The molecule has 2 unspecified atom stereocenters. The first kappa shape index (κ1) is 38.5. The number of hydrogen-bond acceptors (Lipinski definition) is 1. The van der Waals surface area contributed by atoms with Gasteiger partial charge in [-0.1, -0.05) is 207 Å². The van der Waals surface area contributed by atoms with Gasteiger partial charge in [-0.05, 0) is 104 Å². The van der Waals surface area contributed by atoms with Crippen LogP contribution in [0, 0.1) is 5.41 Å². The summed E-state index contributed by atoms with van der Waals surface area (Å²) in [5.74, 6) is 0.0614. The van der Waals surface area contributed by atoms with Crippen molar-refractivity contribution in [3.05, 3.63) is 272 Å². The molecule has 2 aliphatic carbocycles. The second-order valence-corrected chi connectivity index (χ2v) is 17.4. The quantitative estimate of drug-likeness (QED) is 0.148. The Labute approximate surface area is 380 Å². The number of hydrogen-bond donors (Lipinski definition) is 0. The predicted molar refractivity (Wildman–Crippen MR) is 275 cm³/mol. The van der Waals surface area contributed by atoms with Crippen LogP contribution >= 0.6 is 0 Å². The molecule has 0 fully saturated rings. The summed E-state index contributed by atoms with van der Waals surface area (Å²) in [6.07, 6.45) is 13.8. The van der Waals surface area contributed by atoms with Gasteiger partial charge in [0.2, 0.25) is 0 Å². The summed E-state index contributed by atoms with van der Waals surface area (Å²) >= 11 is 0. The number of nitrogens with zero attached hydrogens (tertiary/aromatic N) is 2. The Morgan fingerprint density at radius 1 is 0.477 bits per heavy atom. The zero-order valence-electron chi connectivity index (χ0n) is 36.2. The van der Waals surface area contributed by atoms with Gasteiger partial charge in [-0.25, -0.2) is 0 Å². The van der Waals surface area contributed by atoms with Crippen LogP contribution in [0.15, 0.2) is 260 Å². The molecular weight excluding hydrogens is 785 g/mol. The van der Waals surface area contributed by atoms with Crippen molar-refractivity contribution in [1.82, 2.24) is 4.57 Å². The number of fused-ring (bicyclic) bond motifs is 5. The van der Waals surface area contributed by atoms with Gasteiger partial charge in [0.25, 0.3) is 0 Å². The van der Waals surface area contributed by atoms with Gasteiger partial charge in [0.1, 0.15) is 0 Å². The number of aromatic nitrogens is 1. The summed E-state index contributed by atoms with van der Waals surface area (Å²) < 4.78 is 2.42. The van der Waals surface area contributed by atoms with Crippen LogP contribution in [0.4, 0.5) is 17.1 Å². The molecule has 1 aromatic heterocycles. The average molecular weight is 831 g/mol. The average Bonchev–Trinajstić information content (AvgIpc) is 3.72. The lowest BCUT2D eigenvalue weighted by atomic mass is 9.59. The number of para-hydroxylation sites is 4. The van der Waals surface area contributed by atoms with Crippen molar-refractivity contribution in [3.63, 3.8) is 0 Å². The maximum absolute atomic E-state index is 2.46. The van der Waals surface area contributed by atoms with E-state index < -0.39 is 0 Å². The summed E-state index contributed by atoms with van der Waals surface area (Å²) in [5, 5.41) is 4.99. The van der Waals surface area contributed by atoms with Gasteiger partial charge in [0, 0.05) is 50.4 Å². The summed E-state index contributed by atoms with van der Waals surface area (Å²) in [6, 6.07) is 79.9. The maximum atomic E-state index is 2.46. The molecule has 10 aromatic rings. The fourth-order valence-electron chi connectivity index (χ4n) is 10.7. The molecule has 1 heterocycles. The highest BCUT2D eigenvalue weighted by Gasteiger charge is 2.43. The molecule has 9 aromatic carbocycles. The van der Waals surface area contributed by atoms with Crippen molar-refractivity contribution in [2.24, 2.45) is 5.41 Å². The maximum Gasteiger partial charge on any atom is 0.0619 e. The lowest BCUT2D eigenvalue weighted by molar-refractivity contribution is 0.478. The highest BCUT2D eigenvalue weighted by atomic mass is 15.1. The number of benzene rings is 9. The van der Waals surface area contributed by atoms with Crippen LogP contribution in [-0.4, -0.2) is 4.57 Å². The monoisotopic (exact) mass is 830 g/mol. The molecule has 0 saturated heterocycles. The Morgan fingerprint density at radius 3 is 1.92 bits per heavy atom. The smallest absolute Gasteiger partial charge is 0.0619 e. The van der Waals surface area contributed by atoms with Crippen LogP contribution in [-0.2, 0) is 0 Å². The van der Waals surface area contributed by atoms with E-state index in [1.54, 1.807) is 0 Å². The predicted octanol–water partition coefficient (Wildman–Crippen LogP) is 17.0. The summed E-state index contributed by atoms with van der Waals surface area (Å²) in [6.45, 7) is 2.43. The van der Waals surface area contributed by atoms with Gasteiger partial charge in [0.15, 0.2) is 0 Å². The third kappa shape index (κ3) is 6.49. The fraction of sp³-hybridized carbons (Fsp3) is 0.0476. The van der Waals surface area contributed by atoms with E-state index in [4.69, 9.17) is 0 Å². The second-order valence-electron chi connectivity index (χ2n) is 17.4. The van der Waals surface area contributed by atoms with E-state index >= 15 is 0 Å². The highest BCUT2D eigenvalue weighted by molar-refractivity contribution is 6.13. The van der Waals surface area contributed by atoms with E-state index in [2.05, 4.69) is 271 Å². The molecule has 2 nitrogen and oxygen atoms in total. The number of rotatable bonds is 8. The van der Waals surface area contributed by atoms with Gasteiger partial charge < -0.3 is 9.47 Å². The van der Waals surface area contributed by atoms with Crippen LogP contribution < -0.4 is 4.90 Å². The van der Waals surface area contributed by atoms with Gasteiger partial charge in [-0.2, -0.15) is 0 Å². The fourth-order valence-corrected chi connectivity index (χ4v) is 10.7. The zero-order chi connectivity index (χ0) is 43.3. The van der Waals surface area contributed by atoms with E-state index in [1.165, 1.54) is 77.1 Å². The van der Waals surface area contributed by atoms with Crippen LogP contribution in [0.5, 0.6) is 0 Å². The molecule has 0 N–H and O–H groups in total. The Balaban J connectivity index is 1.01. The SMILES string of the molecule is CC12C(=CC=CC1c1ccccc1N(c1ccc(-c3ccc4ccccc4c3)cc1)c1ccc(-c3cccc4c5ccccc5n(-c5ccccc5)c34)cc1)C=CC=C2c1ccccc1. The van der Waals surface area contributed by atoms with E-state index in [0.717, 1.165) is 22.7 Å². The Kier molecular flexibility index (Phi) is 9.39. The third-order valence-corrected chi connectivity index (χ3v) is 13.9. The number of anilines is 3. The topological polar surface area (TPSA) is 8.17 Å². The first-order valence-electron chi connectivity index (χ1n) is 22.6. The van der Waals surface area contributed by atoms with Crippen molar-refractivity contribution in [3.8, 4) is 27.9 Å². The third-order valence-electron chi connectivity index (χ3n) is 13.9. The molecule has 0 amide bonds. The van der Waals surface area contributed by atoms with Gasteiger partial charge >= 0.3 is 0 Å². The van der Waals surface area contributed by atoms with E-state index in [1.807, 2.05) is 0 Å². The van der Waals surface area contributed by atoms with Crippen molar-refractivity contribution >= 4 is 55.2 Å². The van der Waals surface area contributed by atoms with Gasteiger partial charge in [-0.3, -0.25) is 0 Å². The minimum absolute atomic E-state index is 0.0614. The van der Waals surface area contributed by atoms with Crippen molar-refractivity contribution < 1.29 is 0 Å². The van der Waals surface area contributed by atoms with Crippen LogP contribution in [0.25, 0.3) is 66.1 Å². The Hall–Kier alpha value is -8.20. The molecule has 2 atom stereocenters. The lowest BCUT2D eigenvalue weighted by Gasteiger charge is -2.44. The molecule has 2 heteroatoms. The molecule has 0 spiro atoms. The number of allylic oxidation sites excluding steroid dienone is 8. The summed E-state index contributed by atoms with van der Waals surface area (Å²) in [7, 11) is 0. The van der Waals surface area contributed by atoms with Crippen LogP contribution in [0.2, 0.25) is 0 Å². The Bertz CT molecular complexity index is 3530. The minimum atomic E-state index is -0.299. The van der Waals surface area contributed by atoms with E-state index in [0.29, 0.717) is 0 Å². The summed E-state index contributed by atoms with van der Waals surface area (Å²) in [5.41, 5.74) is 16.6. The molecular formula is C63H46N2. The molecule has 0 saturated carbocycles. The normalized spacial score (nSPS) is 16.7. The van der Waals surface area contributed by atoms with Crippen LogP contribution in [0.1, 0.15) is 24.0 Å². The molecule has 0 bridgehead atoms. The summed E-state index contributed by atoms with van der Waals surface area (Å²) in [4.78, 5) is 2.46. The second kappa shape index (κ2) is 15.9. The molecule has 308 valence electrons. The van der Waals surface area contributed by atoms with Crippen molar-refractivity contribution in [1.29, 1.82) is 0 Å². The molecule has 12 rings (SSSR count). The molecule has 0 aliphatic heterocycles. The van der Waals surface area contributed by atoms with Crippen molar-refractivity contribution in [2.75, 3.05) is 4.90 Å². The van der Waals surface area contributed by atoms with E-state index in [9.17, 15) is 0 Å². The zero-order valence-corrected chi connectivity index (χ0v) is 36.2. The van der Waals surface area contributed by atoms with Gasteiger partial charge in [0.05, 0.1) is 11.0 Å².